The molecule has 0 fully saturated rings. The van der Waals surface area contributed by atoms with Crippen LogP contribution in [0.3, 0.4) is 0 Å². The number of H-pyrrole nitrogens is 1. The van der Waals surface area contributed by atoms with Crippen LogP contribution in [0.4, 0.5) is 0 Å². The molecule has 0 radical (unpaired) electrons. The van der Waals surface area contributed by atoms with Gasteiger partial charge >= 0.3 is 0 Å². The molecule has 1 amide bonds. The molecule has 1 unspecified atom stereocenters. The minimum absolute atomic E-state index is 0.0239. The third kappa shape index (κ3) is 5.69. The highest BCUT2D eigenvalue weighted by Crippen LogP contribution is 2.37. The lowest BCUT2D eigenvalue weighted by molar-refractivity contribution is -0.121. The minimum atomic E-state index is -0.149. The molecule has 1 aromatic heterocycles. The molecule has 5 aromatic rings. The molecule has 1 heterocycles. The number of hydrogen-bond donors (Lipinski definition) is 2. The van der Waals surface area contributed by atoms with Crippen LogP contribution in [0.5, 0.6) is 0 Å². The molecule has 4 heteroatoms. The Kier molecular flexibility index (Phi) is 8.25. The molecule has 0 saturated heterocycles. The maximum Gasteiger partial charge on any atom is 0.220 e. The highest BCUT2D eigenvalue weighted by atomic mass is 35.5. The van der Waals surface area contributed by atoms with E-state index in [0.29, 0.717) is 18.0 Å². The second-order valence-electron chi connectivity index (χ2n) is 9.73. The Morgan fingerprint density at radius 3 is 2.11 bits per heavy atom. The Balaban J connectivity index is 1.36. The van der Waals surface area contributed by atoms with Gasteiger partial charge in [-0.2, -0.15) is 0 Å². The third-order valence-electron chi connectivity index (χ3n) is 7.42. The smallest absolute Gasteiger partial charge is 0.220 e. The topological polar surface area (TPSA) is 44.9 Å². The molecule has 5 rings (SSSR count). The van der Waals surface area contributed by atoms with Crippen molar-refractivity contribution in [2.45, 2.75) is 38.0 Å². The van der Waals surface area contributed by atoms with Crippen molar-refractivity contribution in [2.24, 2.45) is 0 Å². The van der Waals surface area contributed by atoms with Crippen molar-refractivity contribution in [3.63, 3.8) is 0 Å². The van der Waals surface area contributed by atoms with Crippen LogP contribution in [0, 0.1) is 0 Å². The van der Waals surface area contributed by atoms with E-state index in [1.165, 1.54) is 16.7 Å². The molecule has 3 nitrogen and oxygen atoms in total. The van der Waals surface area contributed by atoms with Crippen LogP contribution >= 0.6 is 11.6 Å². The summed E-state index contributed by atoms with van der Waals surface area (Å²) in [6.07, 6.45) is 4.14. The number of carbonyl (C=O) groups is 1. The van der Waals surface area contributed by atoms with Crippen LogP contribution in [-0.2, 0) is 11.2 Å². The molecule has 0 saturated carbocycles. The standard InChI is InChI=1S/C34H33ClN2O/c1-2-24-16-11-18-29-31(23-37-34(24)29)30(28-17-9-10-19-32(28)35)22-33(38)36-21-20-27(25-12-5-3-6-13-25)26-14-7-4-8-15-26/h3-19,23,27,30,37H,2,20-22H2,1H3,(H,36,38). The number of fused-ring (bicyclic) bond motifs is 1. The van der Waals surface area contributed by atoms with Crippen molar-refractivity contribution in [1.29, 1.82) is 0 Å². The summed E-state index contributed by atoms with van der Waals surface area (Å²) < 4.78 is 0. The van der Waals surface area contributed by atoms with E-state index in [9.17, 15) is 4.79 Å². The van der Waals surface area contributed by atoms with E-state index in [4.69, 9.17) is 11.6 Å². The van der Waals surface area contributed by atoms with Gasteiger partial charge in [0.25, 0.3) is 0 Å². The maximum absolute atomic E-state index is 13.4. The molecule has 4 aromatic carbocycles. The summed E-state index contributed by atoms with van der Waals surface area (Å²) in [5.41, 5.74) is 6.99. The molecule has 1 atom stereocenters. The van der Waals surface area contributed by atoms with Gasteiger partial charge in [-0.15, -0.1) is 0 Å². The Morgan fingerprint density at radius 1 is 0.789 bits per heavy atom. The van der Waals surface area contributed by atoms with Crippen LogP contribution in [0.25, 0.3) is 10.9 Å². The molecule has 0 bridgehead atoms. The van der Waals surface area contributed by atoms with Gasteiger partial charge in [0.1, 0.15) is 0 Å². The first-order valence-corrected chi connectivity index (χ1v) is 13.7. The average Bonchev–Trinajstić information content (AvgIpc) is 3.40. The van der Waals surface area contributed by atoms with E-state index in [1.54, 1.807) is 0 Å². The quantitative estimate of drug-likeness (QED) is 0.191. The highest BCUT2D eigenvalue weighted by Gasteiger charge is 2.24. The lowest BCUT2D eigenvalue weighted by Crippen LogP contribution is -2.27. The van der Waals surface area contributed by atoms with Gasteiger partial charge < -0.3 is 10.3 Å². The van der Waals surface area contributed by atoms with Crippen molar-refractivity contribution in [2.75, 3.05) is 6.54 Å². The van der Waals surface area contributed by atoms with Crippen molar-refractivity contribution in [3.05, 3.63) is 142 Å². The molecular formula is C34H33ClN2O. The first-order valence-electron chi connectivity index (χ1n) is 13.4. The van der Waals surface area contributed by atoms with Crippen LogP contribution < -0.4 is 5.32 Å². The summed E-state index contributed by atoms with van der Waals surface area (Å²) in [6, 6.07) is 35.2. The van der Waals surface area contributed by atoms with E-state index in [0.717, 1.165) is 34.9 Å². The van der Waals surface area contributed by atoms with Gasteiger partial charge in [-0.1, -0.05) is 116 Å². The van der Waals surface area contributed by atoms with Crippen LogP contribution in [0.1, 0.15) is 59.4 Å². The van der Waals surface area contributed by atoms with E-state index in [2.05, 4.69) is 84.0 Å². The Morgan fingerprint density at radius 2 is 1.45 bits per heavy atom. The lowest BCUT2D eigenvalue weighted by Gasteiger charge is -2.20. The SMILES string of the molecule is CCc1cccc2c(C(CC(=O)NCCC(c3ccccc3)c3ccccc3)c3ccccc3Cl)c[nH]c12. The van der Waals surface area contributed by atoms with Gasteiger partial charge in [0.15, 0.2) is 0 Å². The summed E-state index contributed by atoms with van der Waals surface area (Å²) >= 11 is 6.67. The van der Waals surface area contributed by atoms with Gasteiger partial charge in [0.05, 0.1) is 0 Å². The number of rotatable bonds is 10. The van der Waals surface area contributed by atoms with Crippen molar-refractivity contribution < 1.29 is 4.79 Å². The summed E-state index contributed by atoms with van der Waals surface area (Å²) in [7, 11) is 0. The zero-order valence-electron chi connectivity index (χ0n) is 21.7. The lowest BCUT2D eigenvalue weighted by atomic mass is 9.87. The Hall–Kier alpha value is -3.82. The van der Waals surface area contributed by atoms with Gasteiger partial charge in [0, 0.05) is 46.9 Å². The zero-order chi connectivity index (χ0) is 26.3. The van der Waals surface area contributed by atoms with E-state index in [1.807, 2.05) is 42.6 Å². The first-order chi connectivity index (χ1) is 18.7. The average molecular weight is 521 g/mol. The zero-order valence-corrected chi connectivity index (χ0v) is 22.4. The van der Waals surface area contributed by atoms with Crippen molar-refractivity contribution in [3.8, 4) is 0 Å². The van der Waals surface area contributed by atoms with Gasteiger partial charge in [-0.05, 0) is 46.7 Å². The number of aromatic amines is 1. The predicted octanol–water partition coefficient (Wildman–Crippen LogP) is 8.24. The molecular weight excluding hydrogens is 488 g/mol. The van der Waals surface area contributed by atoms with Crippen molar-refractivity contribution in [1.82, 2.24) is 10.3 Å². The van der Waals surface area contributed by atoms with Crippen LogP contribution in [0.15, 0.2) is 109 Å². The van der Waals surface area contributed by atoms with E-state index >= 15 is 0 Å². The summed E-state index contributed by atoms with van der Waals surface area (Å²) in [6.45, 7) is 2.75. The van der Waals surface area contributed by atoms with E-state index < -0.39 is 0 Å². The Bertz CT molecular complexity index is 1450. The van der Waals surface area contributed by atoms with Gasteiger partial charge in [0.2, 0.25) is 5.91 Å². The normalized spacial score (nSPS) is 12.1. The summed E-state index contributed by atoms with van der Waals surface area (Å²) in [4.78, 5) is 16.9. The fourth-order valence-corrected chi connectivity index (χ4v) is 5.74. The number of hydrogen-bond acceptors (Lipinski definition) is 1. The molecule has 0 aliphatic heterocycles. The number of amides is 1. The first kappa shape index (κ1) is 25.8. The molecule has 192 valence electrons. The van der Waals surface area contributed by atoms with E-state index in [-0.39, 0.29) is 17.7 Å². The number of halogens is 1. The number of benzene rings is 4. The molecule has 0 aliphatic rings. The number of aryl methyl sites for hydroxylation is 1. The summed E-state index contributed by atoms with van der Waals surface area (Å²) in [5, 5.41) is 5.04. The second-order valence-corrected chi connectivity index (χ2v) is 10.1. The molecule has 0 spiro atoms. The van der Waals surface area contributed by atoms with Crippen LogP contribution in [0.2, 0.25) is 5.02 Å². The number of aromatic nitrogens is 1. The van der Waals surface area contributed by atoms with Crippen molar-refractivity contribution >= 4 is 28.4 Å². The second kappa shape index (κ2) is 12.1. The fraction of sp³-hybridized carbons (Fsp3) is 0.206. The monoisotopic (exact) mass is 520 g/mol. The molecule has 2 N–H and O–H groups in total. The molecule has 38 heavy (non-hydrogen) atoms. The third-order valence-corrected chi connectivity index (χ3v) is 7.76. The molecule has 0 aliphatic carbocycles. The number of carbonyl (C=O) groups excluding carboxylic acids is 1. The maximum atomic E-state index is 13.4. The van der Waals surface area contributed by atoms with Gasteiger partial charge in [-0.3, -0.25) is 4.79 Å². The van der Waals surface area contributed by atoms with Gasteiger partial charge in [-0.25, -0.2) is 0 Å². The minimum Gasteiger partial charge on any atom is -0.361 e. The largest absolute Gasteiger partial charge is 0.361 e. The number of nitrogens with one attached hydrogen (secondary N) is 2. The highest BCUT2D eigenvalue weighted by molar-refractivity contribution is 6.31. The number of para-hydroxylation sites is 1. The summed E-state index contributed by atoms with van der Waals surface area (Å²) in [5.74, 6) is 0.0949. The predicted molar refractivity (Wildman–Crippen MR) is 158 cm³/mol. The fourth-order valence-electron chi connectivity index (χ4n) is 5.48. The Labute approximate surface area is 229 Å². The van der Waals surface area contributed by atoms with Crippen LogP contribution in [-0.4, -0.2) is 17.4 Å².